The molecule has 0 aromatic carbocycles. The number of carbonyl (C=O) groups is 3. The van der Waals surface area contributed by atoms with Crippen LogP contribution in [0.4, 0.5) is 5.00 Å². The summed E-state index contributed by atoms with van der Waals surface area (Å²) in [6.45, 7) is 13.3. The molecule has 0 spiro atoms. The van der Waals surface area contributed by atoms with Crippen molar-refractivity contribution in [2.24, 2.45) is 11.3 Å². The molecule has 0 aliphatic heterocycles. The Labute approximate surface area is 153 Å². The van der Waals surface area contributed by atoms with Crippen LogP contribution in [0.15, 0.2) is 6.07 Å². The van der Waals surface area contributed by atoms with E-state index in [0.29, 0.717) is 27.9 Å². The Kier molecular flexibility index (Phi) is 7.17. The number of hydrogen-bond donors (Lipinski definition) is 2. The number of amides is 2. The molecule has 140 valence electrons. The van der Waals surface area contributed by atoms with Crippen LogP contribution in [-0.2, 0) is 14.3 Å². The smallest absolute Gasteiger partial charge is 0.349 e. The highest BCUT2D eigenvalue weighted by Gasteiger charge is 2.25. The van der Waals surface area contributed by atoms with E-state index in [9.17, 15) is 14.4 Å². The summed E-state index contributed by atoms with van der Waals surface area (Å²) in [5.41, 5.74) is 0.177. The van der Waals surface area contributed by atoms with Gasteiger partial charge in [0.05, 0.1) is 5.00 Å². The van der Waals surface area contributed by atoms with E-state index in [-0.39, 0.29) is 11.8 Å². The van der Waals surface area contributed by atoms with Crippen LogP contribution in [0.25, 0.3) is 0 Å². The number of anilines is 1. The van der Waals surface area contributed by atoms with E-state index in [1.807, 2.05) is 34.6 Å². The highest BCUT2D eigenvalue weighted by atomic mass is 32.1. The molecule has 0 aliphatic carbocycles. The van der Waals surface area contributed by atoms with Crippen molar-refractivity contribution in [3.63, 3.8) is 0 Å². The maximum atomic E-state index is 12.3. The first kappa shape index (κ1) is 21.2. The Morgan fingerprint density at radius 2 is 1.80 bits per heavy atom. The van der Waals surface area contributed by atoms with Crippen LogP contribution in [0.1, 0.15) is 56.8 Å². The summed E-state index contributed by atoms with van der Waals surface area (Å²) in [4.78, 5) is 36.7. The van der Waals surface area contributed by atoms with Gasteiger partial charge < -0.3 is 15.4 Å². The van der Waals surface area contributed by atoms with Gasteiger partial charge in [-0.1, -0.05) is 34.6 Å². The molecule has 1 unspecified atom stereocenters. The fraction of sp³-hybridized carbons (Fsp3) is 0.611. The molecule has 0 radical (unpaired) electrons. The standard InChI is InChI=1S/C18H28N2O4S/c1-10(2)9-19-15(21)12(4)24-16(22)14-11(3)8-13(25-14)20-17(23)18(5,6)7/h8,10,12H,9H2,1-7H3,(H,19,21)(H,20,23). The summed E-state index contributed by atoms with van der Waals surface area (Å²) in [6.07, 6.45) is -0.875. The minimum atomic E-state index is -0.875. The van der Waals surface area contributed by atoms with Crippen molar-refractivity contribution in [1.82, 2.24) is 5.32 Å². The topological polar surface area (TPSA) is 84.5 Å². The third kappa shape index (κ3) is 6.49. The predicted octanol–water partition coefficient (Wildman–Crippen LogP) is 3.36. The van der Waals surface area contributed by atoms with E-state index in [2.05, 4.69) is 10.6 Å². The molecule has 2 N–H and O–H groups in total. The number of thiophene rings is 1. The molecule has 1 aromatic heterocycles. The van der Waals surface area contributed by atoms with Crippen molar-refractivity contribution in [2.75, 3.05) is 11.9 Å². The number of aryl methyl sites for hydroxylation is 1. The first-order valence-corrected chi connectivity index (χ1v) is 9.14. The molecule has 1 atom stereocenters. The van der Waals surface area contributed by atoms with Crippen LogP contribution in [0.5, 0.6) is 0 Å². The van der Waals surface area contributed by atoms with E-state index in [1.165, 1.54) is 0 Å². The third-order valence-corrected chi connectivity index (χ3v) is 4.49. The van der Waals surface area contributed by atoms with E-state index in [1.54, 1.807) is 19.9 Å². The van der Waals surface area contributed by atoms with Gasteiger partial charge in [-0.3, -0.25) is 9.59 Å². The lowest BCUT2D eigenvalue weighted by atomic mass is 9.96. The molecule has 1 aromatic rings. The molecule has 0 fully saturated rings. The van der Waals surface area contributed by atoms with E-state index in [4.69, 9.17) is 4.74 Å². The average Bonchev–Trinajstić information content (AvgIpc) is 2.84. The Morgan fingerprint density at radius 3 is 2.32 bits per heavy atom. The maximum absolute atomic E-state index is 12.3. The van der Waals surface area contributed by atoms with E-state index >= 15 is 0 Å². The summed E-state index contributed by atoms with van der Waals surface area (Å²) in [7, 11) is 0. The molecule has 2 amide bonds. The zero-order chi connectivity index (χ0) is 19.4. The van der Waals surface area contributed by atoms with E-state index < -0.39 is 17.5 Å². The quantitative estimate of drug-likeness (QED) is 0.754. The van der Waals surface area contributed by atoms with Gasteiger partial charge in [0.1, 0.15) is 4.88 Å². The van der Waals surface area contributed by atoms with Crippen LogP contribution < -0.4 is 10.6 Å². The lowest BCUT2D eigenvalue weighted by Crippen LogP contribution is -2.37. The van der Waals surface area contributed by atoms with Crippen LogP contribution in [0.2, 0.25) is 0 Å². The Balaban J connectivity index is 2.73. The van der Waals surface area contributed by atoms with Crippen molar-refractivity contribution in [1.29, 1.82) is 0 Å². The molecule has 1 heterocycles. The van der Waals surface area contributed by atoms with Gasteiger partial charge in [0, 0.05) is 12.0 Å². The number of hydrogen-bond acceptors (Lipinski definition) is 5. The molecule has 7 heteroatoms. The second kappa shape index (κ2) is 8.47. The summed E-state index contributed by atoms with van der Waals surface area (Å²) >= 11 is 1.15. The molecular weight excluding hydrogens is 340 g/mol. The molecule has 0 bridgehead atoms. The van der Waals surface area contributed by atoms with E-state index in [0.717, 1.165) is 11.3 Å². The fourth-order valence-corrected chi connectivity index (χ4v) is 2.71. The van der Waals surface area contributed by atoms with Crippen molar-refractivity contribution in [3.05, 3.63) is 16.5 Å². The summed E-state index contributed by atoms with van der Waals surface area (Å²) in [6, 6.07) is 1.73. The molecule has 0 aliphatic rings. The first-order chi connectivity index (χ1) is 11.4. The zero-order valence-corrected chi connectivity index (χ0v) is 16.8. The number of esters is 1. The van der Waals surface area contributed by atoms with Gasteiger partial charge in [-0.05, 0) is 31.4 Å². The summed E-state index contributed by atoms with van der Waals surface area (Å²) in [5, 5.41) is 6.12. The van der Waals surface area contributed by atoms with Crippen LogP contribution in [0.3, 0.4) is 0 Å². The van der Waals surface area contributed by atoms with Crippen molar-refractivity contribution < 1.29 is 19.1 Å². The maximum Gasteiger partial charge on any atom is 0.349 e. The lowest BCUT2D eigenvalue weighted by Gasteiger charge is -2.16. The Morgan fingerprint density at radius 1 is 1.20 bits per heavy atom. The first-order valence-electron chi connectivity index (χ1n) is 8.32. The SMILES string of the molecule is Cc1cc(NC(=O)C(C)(C)C)sc1C(=O)OC(C)C(=O)NCC(C)C. The van der Waals surface area contributed by atoms with Crippen molar-refractivity contribution >= 4 is 34.1 Å². The van der Waals surface area contributed by atoms with Gasteiger partial charge in [0.15, 0.2) is 6.10 Å². The molecule has 0 saturated heterocycles. The minimum Gasteiger partial charge on any atom is -0.448 e. The van der Waals surface area contributed by atoms with Gasteiger partial charge in [0.2, 0.25) is 5.91 Å². The number of rotatable bonds is 6. The van der Waals surface area contributed by atoms with Gasteiger partial charge in [-0.15, -0.1) is 11.3 Å². The highest BCUT2D eigenvalue weighted by Crippen LogP contribution is 2.29. The van der Waals surface area contributed by atoms with Crippen molar-refractivity contribution in [3.8, 4) is 0 Å². The number of nitrogens with one attached hydrogen (secondary N) is 2. The number of carbonyl (C=O) groups excluding carboxylic acids is 3. The zero-order valence-electron chi connectivity index (χ0n) is 16.0. The van der Waals surface area contributed by atoms with Gasteiger partial charge >= 0.3 is 5.97 Å². The molecule has 6 nitrogen and oxygen atoms in total. The monoisotopic (exact) mass is 368 g/mol. The second-order valence-corrected chi connectivity index (χ2v) is 8.57. The van der Waals surface area contributed by atoms with Crippen molar-refractivity contribution in [2.45, 2.75) is 54.6 Å². The van der Waals surface area contributed by atoms with Crippen LogP contribution in [-0.4, -0.2) is 30.4 Å². The third-order valence-electron chi connectivity index (χ3n) is 3.36. The normalized spacial score (nSPS) is 12.6. The van der Waals surface area contributed by atoms with Crippen LogP contribution >= 0.6 is 11.3 Å². The minimum absolute atomic E-state index is 0.130. The fourth-order valence-electron chi connectivity index (χ4n) is 1.76. The lowest BCUT2D eigenvalue weighted by molar-refractivity contribution is -0.129. The van der Waals surface area contributed by atoms with Gasteiger partial charge in [0.25, 0.3) is 5.91 Å². The molecule has 0 saturated carbocycles. The molecule has 1 rings (SSSR count). The highest BCUT2D eigenvalue weighted by molar-refractivity contribution is 7.18. The largest absolute Gasteiger partial charge is 0.448 e. The summed E-state index contributed by atoms with van der Waals surface area (Å²) < 4.78 is 5.24. The molecular formula is C18H28N2O4S. The Hall–Kier alpha value is -1.89. The number of ether oxygens (including phenoxy) is 1. The van der Waals surface area contributed by atoms with Gasteiger partial charge in [-0.2, -0.15) is 0 Å². The van der Waals surface area contributed by atoms with Gasteiger partial charge in [-0.25, -0.2) is 4.79 Å². The predicted molar refractivity (Wildman–Crippen MR) is 99.9 cm³/mol. The molecule has 25 heavy (non-hydrogen) atoms. The average molecular weight is 368 g/mol. The second-order valence-electron chi connectivity index (χ2n) is 7.51. The van der Waals surface area contributed by atoms with Crippen LogP contribution in [0, 0.1) is 18.3 Å². The summed E-state index contributed by atoms with van der Waals surface area (Å²) in [5.74, 6) is -0.695. The Bertz CT molecular complexity index is 644.